The zero-order valence-electron chi connectivity index (χ0n) is 11.4. The molecule has 1 N–H and O–H groups in total. The van der Waals surface area contributed by atoms with Gasteiger partial charge in [0.15, 0.2) is 0 Å². The van der Waals surface area contributed by atoms with Gasteiger partial charge >= 0.3 is 0 Å². The number of carboxylic acid groups (broad SMARTS) is 1. The van der Waals surface area contributed by atoms with E-state index < -0.39 is 5.97 Å². The van der Waals surface area contributed by atoms with E-state index in [1.54, 1.807) is 0 Å². The Kier molecular flexibility index (Phi) is 8.03. The summed E-state index contributed by atoms with van der Waals surface area (Å²) in [5.74, 6) is -1.13. The average molecular weight is 256 g/mol. The van der Waals surface area contributed by atoms with Gasteiger partial charge in [0.25, 0.3) is 0 Å². The van der Waals surface area contributed by atoms with Gasteiger partial charge < -0.3 is 19.7 Å². The number of hydrogen-bond donors (Lipinski definition) is 1. The minimum atomic E-state index is -0.984. The second kappa shape index (κ2) is 8.69. The first-order valence-corrected chi connectivity index (χ1v) is 6.29. The summed E-state index contributed by atoms with van der Waals surface area (Å²) in [6.45, 7) is 5.83. The van der Waals surface area contributed by atoms with Crippen LogP contribution in [0.1, 0.15) is 25.7 Å². The highest BCUT2D eigenvalue weighted by Gasteiger charge is 2.13. The van der Waals surface area contributed by atoms with Gasteiger partial charge in [0, 0.05) is 18.9 Å². The molecule has 0 aromatic heterocycles. The predicted molar refractivity (Wildman–Crippen MR) is 68.5 cm³/mol. The van der Waals surface area contributed by atoms with Crippen LogP contribution in [0.15, 0.2) is 12.7 Å². The second-order valence-electron chi connectivity index (χ2n) is 5.06. The van der Waals surface area contributed by atoms with E-state index in [1.807, 2.05) is 0 Å². The van der Waals surface area contributed by atoms with Gasteiger partial charge in [-0.15, -0.1) is 0 Å². The Morgan fingerprint density at radius 1 is 1.22 bits per heavy atom. The topological polar surface area (TPSA) is 69.2 Å². The fourth-order valence-electron chi connectivity index (χ4n) is 1.71. The van der Waals surface area contributed by atoms with Crippen molar-refractivity contribution in [2.75, 3.05) is 33.7 Å². The quantitative estimate of drug-likeness (QED) is 0.331. The molecule has 0 aliphatic heterocycles. The maximum absolute atomic E-state index is 10.9. The van der Waals surface area contributed by atoms with Crippen LogP contribution in [0, 0.1) is 0 Å². The van der Waals surface area contributed by atoms with Crippen LogP contribution in [0.25, 0.3) is 0 Å². The van der Waals surface area contributed by atoms with Crippen LogP contribution < -0.4 is 10.4 Å². The van der Waals surface area contributed by atoms with Crippen LogP contribution in [-0.4, -0.2) is 50.1 Å². The number of rotatable bonds is 10. The molecule has 0 bridgehead atoms. The van der Waals surface area contributed by atoms with E-state index in [-0.39, 0.29) is 12.3 Å². The van der Waals surface area contributed by atoms with Gasteiger partial charge in [-0.2, -0.15) is 0 Å². The molecular weight excluding hydrogens is 232 g/mol. The van der Waals surface area contributed by atoms with Crippen molar-refractivity contribution < 1.29 is 19.2 Å². The van der Waals surface area contributed by atoms with Crippen molar-refractivity contribution in [2.45, 2.75) is 25.7 Å². The molecule has 0 fully saturated rings. The van der Waals surface area contributed by atoms with Crippen molar-refractivity contribution in [3.8, 4) is 0 Å². The highest BCUT2D eigenvalue weighted by atomic mass is 16.4. The molecule has 0 saturated heterocycles. The molecule has 0 atom stereocenters. The minimum Gasteiger partial charge on any atom is -0.550 e. The van der Waals surface area contributed by atoms with E-state index in [0.717, 1.165) is 30.4 Å². The van der Waals surface area contributed by atoms with E-state index >= 15 is 0 Å². The zero-order chi connectivity index (χ0) is 14.0. The van der Waals surface area contributed by atoms with Crippen molar-refractivity contribution in [1.82, 2.24) is 5.32 Å². The van der Waals surface area contributed by atoms with Gasteiger partial charge in [0.1, 0.15) is 0 Å². The summed E-state index contributed by atoms with van der Waals surface area (Å²) in [6.07, 6.45) is 3.94. The molecule has 18 heavy (non-hydrogen) atoms. The highest BCUT2D eigenvalue weighted by molar-refractivity contribution is 5.86. The summed E-state index contributed by atoms with van der Waals surface area (Å²) in [5, 5.41) is 13.0. The number of carboxylic acids is 1. The molecule has 0 rings (SSSR count). The van der Waals surface area contributed by atoms with Crippen LogP contribution in [0.5, 0.6) is 0 Å². The maximum Gasteiger partial charge on any atom is 0.243 e. The molecule has 104 valence electrons. The number of hydrogen-bond acceptors (Lipinski definition) is 3. The molecule has 0 saturated carbocycles. The summed E-state index contributed by atoms with van der Waals surface area (Å²) in [7, 11) is 4.16. The third kappa shape index (κ3) is 9.84. The van der Waals surface area contributed by atoms with Gasteiger partial charge in [-0.3, -0.25) is 4.79 Å². The summed E-state index contributed by atoms with van der Waals surface area (Å²) >= 11 is 0. The van der Waals surface area contributed by atoms with E-state index in [1.165, 1.54) is 6.08 Å². The van der Waals surface area contributed by atoms with Crippen molar-refractivity contribution >= 4 is 11.9 Å². The third-order valence-corrected chi connectivity index (χ3v) is 2.82. The number of carbonyl (C=O) groups excluding carboxylic acids is 2. The standard InChI is InChI=1S/C13H24N2O3/c1-4-12(16)14-9-5-6-10-15(2,3)11-7-8-13(17)18/h4H,1,5-11H2,2-3H3,(H-,14,16,17,18). The fourth-order valence-corrected chi connectivity index (χ4v) is 1.71. The molecule has 5 heteroatoms. The summed E-state index contributed by atoms with van der Waals surface area (Å²) in [5.41, 5.74) is 0. The Hall–Kier alpha value is -1.36. The number of aliphatic carboxylic acids is 1. The second-order valence-corrected chi connectivity index (χ2v) is 5.06. The lowest BCUT2D eigenvalue weighted by atomic mass is 10.2. The fraction of sp³-hybridized carbons (Fsp3) is 0.692. The third-order valence-electron chi connectivity index (χ3n) is 2.82. The van der Waals surface area contributed by atoms with Gasteiger partial charge in [-0.05, 0) is 25.3 Å². The van der Waals surface area contributed by atoms with Crippen molar-refractivity contribution in [3.63, 3.8) is 0 Å². The Balaban J connectivity index is 3.60. The Morgan fingerprint density at radius 3 is 2.39 bits per heavy atom. The molecule has 0 aliphatic rings. The molecule has 0 unspecified atom stereocenters. The van der Waals surface area contributed by atoms with Crippen LogP contribution >= 0.6 is 0 Å². The van der Waals surface area contributed by atoms with Gasteiger partial charge in [-0.1, -0.05) is 6.58 Å². The van der Waals surface area contributed by atoms with Crippen molar-refractivity contribution in [2.24, 2.45) is 0 Å². The number of unbranched alkanes of at least 4 members (excludes halogenated alkanes) is 1. The first-order chi connectivity index (χ1) is 8.37. The minimum absolute atomic E-state index is 0.122. The Morgan fingerprint density at radius 2 is 1.83 bits per heavy atom. The van der Waals surface area contributed by atoms with E-state index in [2.05, 4.69) is 26.0 Å². The molecule has 0 heterocycles. The van der Waals surface area contributed by atoms with E-state index in [4.69, 9.17) is 0 Å². The first-order valence-electron chi connectivity index (χ1n) is 6.29. The lowest BCUT2D eigenvalue weighted by Crippen LogP contribution is -2.42. The largest absolute Gasteiger partial charge is 0.550 e. The average Bonchev–Trinajstić information content (AvgIpc) is 2.27. The molecule has 0 radical (unpaired) electrons. The zero-order valence-corrected chi connectivity index (χ0v) is 11.4. The van der Waals surface area contributed by atoms with Gasteiger partial charge in [0.2, 0.25) is 5.91 Å². The van der Waals surface area contributed by atoms with Crippen LogP contribution in [-0.2, 0) is 9.59 Å². The molecule has 0 spiro atoms. The lowest BCUT2D eigenvalue weighted by molar-refractivity contribution is -0.890. The van der Waals surface area contributed by atoms with E-state index in [9.17, 15) is 14.7 Å². The van der Waals surface area contributed by atoms with E-state index in [0.29, 0.717) is 13.0 Å². The number of nitrogens with zero attached hydrogens (tertiary/aromatic N) is 1. The number of amides is 1. The number of quaternary nitrogens is 1. The van der Waals surface area contributed by atoms with Gasteiger partial charge in [-0.25, -0.2) is 0 Å². The molecule has 0 aromatic carbocycles. The summed E-state index contributed by atoms with van der Waals surface area (Å²) in [4.78, 5) is 21.2. The van der Waals surface area contributed by atoms with Crippen molar-refractivity contribution in [3.05, 3.63) is 12.7 Å². The normalized spacial score (nSPS) is 11.0. The molecule has 5 nitrogen and oxygen atoms in total. The molecule has 0 aliphatic carbocycles. The SMILES string of the molecule is C=CC(=O)NCCCC[N+](C)(C)CCCC(=O)[O-]. The van der Waals surface area contributed by atoms with Crippen molar-refractivity contribution in [1.29, 1.82) is 0 Å². The van der Waals surface area contributed by atoms with Crippen LogP contribution in [0.4, 0.5) is 0 Å². The molecule has 1 amide bonds. The monoisotopic (exact) mass is 256 g/mol. The smallest absolute Gasteiger partial charge is 0.243 e. The Labute approximate surface area is 109 Å². The predicted octanol–water partition coefficient (Wildman–Crippen LogP) is -0.325. The maximum atomic E-state index is 10.9. The van der Waals surface area contributed by atoms with Crippen LogP contribution in [0.3, 0.4) is 0 Å². The Bertz CT molecular complexity index is 288. The van der Waals surface area contributed by atoms with Gasteiger partial charge in [0.05, 0.1) is 27.2 Å². The molecule has 0 aromatic rings. The first kappa shape index (κ1) is 16.6. The van der Waals surface area contributed by atoms with Crippen LogP contribution in [0.2, 0.25) is 0 Å². The number of carbonyl (C=O) groups is 2. The highest BCUT2D eigenvalue weighted by Crippen LogP contribution is 2.04. The molecular formula is C13H24N2O3. The lowest BCUT2D eigenvalue weighted by Gasteiger charge is -2.30. The number of nitrogens with one attached hydrogen (secondary N) is 1. The summed E-state index contributed by atoms with van der Waals surface area (Å²) < 4.78 is 0.794. The summed E-state index contributed by atoms with van der Waals surface area (Å²) in [6, 6.07) is 0.